The van der Waals surface area contributed by atoms with E-state index in [2.05, 4.69) is 11.4 Å². The Kier molecular flexibility index (Phi) is 5.38. The largest absolute Gasteiger partial charge is 0.355 e. The third kappa shape index (κ3) is 3.58. The normalized spacial score (nSPS) is 31.8. The van der Waals surface area contributed by atoms with E-state index in [9.17, 15) is 19.6 Å². The van der Waals surface area contributed by atoms with Crippen molar-refractivity contribution in [2.45, 2.75) is 62.4 Å². The van der Waals surface area contributed by atoms with Crippen molar-refractivity contribution in [1.29, 1.82) is 5.26 Å². The summed E-state index contributed by atoms with van der Waals surface area (Å²) in [6, 6.07) is 8.38. The summed E-state index contributed by atoms with van der Waals surface area (Å²) in [6.45, 7) is 3.03. The number of nitrogens with one attached hydrogen (secondary N) is 1. The third-order valence-electron chi connectivity index (χ3n) is 7.87. The lowest BCUT2D eigenvalue weighted by atomic mass is 10.0. The number of piperazine rings is 1. The van der Waals surface area contributed by atoms with Crippen molar-refractivity contribution >= 4 is 17.7 Å². The van der Waals surface area contributed by atoms with Gasteiger partial charge >= 0.3 is 0 Å². The van der Waals surface area contributed by atoms with Crippen molar-refractivity contribution in [2.75, 3.05) is 20.1 Å². The average Bonchev–Trinajstić information content (AvgIpc) is 3.15. The molecular weight excluding hydrogens is 420 g/mol. The summed E-state index contributed by atoms with van der Waals surface area (Å²) in [4.78, 5) is 43.7. The lowest BCUT2D eigenvalue weighted by Gasteiger charge is -2.38. The van der Waals surface area contributed by atoms with Crippen molar-refractivity contribution < 1.29 is 14.4 Å². The molecule has 3 heterocycles. The third-order valence-corrected chi connectivity index (χ3v) is 7.87. The molecule has 1 aliphatic carbocycles. The molecule has 3 N–H and O–H groups in total. The Balaban J connectivity index is 1.21. The van der Waals surface area contributed by atoms with E-state index in [1.165, 1.54) is 0 Å². The first-order valence-corrected chi connectivity index (χ1v) is 11.7. The van der Waals surface area contributed by atoms with Gasteiger partial charge in [0.25, 0.3) is 5.91 Å². The molecule has 0 radical (unpaired) electrons. The van der Waals surface area contributed by atoms with Crippen LogP contribution in [0.25, 0.3) is 0 Å². The van der Waals surface area contributed by atoms with Crippen molar-refractivity contribution in [3.8, 4) is 6.07 Å². The predicted octanol–water partition coefficient (Wildman–Crippen LogP) is 0.233. The first-order valence-electron chi connectivity index (χ1n) is 11.7. The maximum Gasteiger partial charge on any atom is 0.251 e. The van der Waals surface area contributed by atoms with Crippen LogP contribution in [0.15, 0.2) is 24.3 Å². The standard InChI is InChI=1S/C24H30N6O3/c1-13(14-3-5-15(6-4-14)22(31)27-2)29-18-9-21(24(29)33)28(11-18)12-19(26)23(32)30-17(10-25)7-16-8-20(16)30/h3-6,13,16-21H,7-9,11-12,26H2,1-2H3,(H,27,31)/t13-,16-,17+,18?,19+,20+,21+/m1/s1. The highest BCUT2D eigenvalue weighted by atomic mass is 16.2. The fourth-order valence-corrected chi connectivity index (χ4v) is 6.03. The number of hydrogen-bond acceptors (Lipinski definition) is 6. The molecule has 174 valence electrons. The van der Waals surface area contributed by atoms with Gasteiger partial charge in [-0.1, -0.05) is 12.1 Å². The molecule has 1 unspecified atom stereocenters. The predicted molar refractivity (Wildman–Crippen MR) is 120 cm³/mol. The Morgan fingerprint density at radius 2 is 1.97 bits per heavy atom. The van der Waals surface area contributed by atoms with Gasteiger partial charge in [0, 0.05) is 37.8 Å². The number of rotatable bonds is 6. The Morgan fingerprint density at radius 3 is 2.61 bits per heavy atom. The molecule has 1 saturated carbocycles. The summed E-state index contributed by atoms with van der Waals surface area (Å²) in [5.74, 6) is 0.213. The molecule has 3 amide bonds. The summed E-state index contributed by atoms with van der Waals surface area (Å²) in [5, 5.41) is 12.0. The Labute approximate surface area is 193 Å². The second-order valence-corrected chi connectivity index (χ2v) is 9.78. The van der Waals surface area contributed by atoms with Gasteiger partial charge in [-0.15, -0.1) is 0 Å². The highest BCUT2D eigenvalue weighted by Gasteiger charge is 2.56. The Morgan fingerprint density at radius 1 is 1.24 bits per heavy atom. The molecule has 7 atom stereocenters. The zero-order chi connectivity index (χ0) is 23.4. The first kappa shape index (κ1) is 21.9. The second kappa shape index (κ2) is 8.12. The monoisotopic (exact) mass is 450 g/mol. The number of carbonyl (C=O) groups excluding carboxylic acids is 3. The maximum atomic E-state index is 13.2. The molecule has 4 fully saturated rings. The summed E-state index contributed by atoms with van der Waals surface area (Å²) < 4.78 is 0. The molecule has 0 aromatic heterocycles. The van der Waals surface area contributed by atoms with Crippen LogP contribution in [0.4, 0.5) is 0 Å². The van der Waals surface area contributed by atoms with Crippen molar-refractivity contribution in [2.24, 2.45) is 11.7 Å². The van der Waals surface area contributed by atoms with Crippen LogP contribution in [-0.2, 0) is 9.59 Å². The van der Waals surface area contributed by atoms with Gasteiger partial charge in [-0.3, -0.25) is 19.3 Å². The van der Waals surface area contributed by atoms with Crippen LogP contribution in [-0.4, -0.2) is 82.8 Å². The van der Waals surface area contributed by atoms with E-state index in [1.807, 2.05) is 28.9 Å². The van der Waals surface area contributed by atoms with E-state index >= 15 is 0 Å². The summed E-state index contributed by atoms with van der Waals surface area (Å²) in [5.41, 5.74) is 7.86. The number of hydrogen-bond donors (Lipinski definition) is 2. The van der Waals surface area contributed by atoms with Gasteiger partial charge in [0.2, 0.25) is 11.8 Å². The molecule has 0 spiro atoms. The molecule has 9 heteroatoms. The zero-order valence-electron chi connectivity index (χ0n) is 19.0. The summed E-state index contributed by atoms with van der Waals surface area (Å²) in [7, 11) is 1.60. The number of piperidine rings is 1. The lowest BCUT2D eigenvalue weighted by Crippen LogP contribution is -2.57. The Hall–Kier alpha value is -2.96. The minimum atomic E-state index is -0.726. The second-order valence-electron chi connectivity index (χ2n) is 9.78. The molecule has 4 aliphatic rings. The van der Waals surface area contributed by atoms with Crippen LogP contribution < -0.4 is 11.1 Å². The number of carbonyl (C=O) groups is 3. The quantitative estimate of drug-likeness (QED) is 0.640. The van der Waals surface area contributed by atoms with E-state index in [1.54, 1.807) is 24.1 Å². The number of nitriles is 1. The fourth-order valence-electron chi connectivity index (χ4n) is 6.03. The molecule has 3 saturated heterocycles. The van der Waals surface area contributed by atoms with Crippen LogP contribution in [0.3, 0.4) is 0 Å². The van der Waals surface area contributed by atoms with Crippen LogP contribution in [0, 0.1) is 17.2 Å². The number of fused-ring (bicyclic) bond motifs is 3. The minimum absolute atomic E-state index is 0.0621. The SMILES string of the molecule is CNC(=O)c1ccc([C@@H](C)N2C(=O)[C@@H]3CC2CN3C[C@H](N)C(=O)N2[C@H](C#N)C[C@@H]3C[C@@H]32)cc1. The van der Waals surface area contributed by atoms with Gasteiger partial charge in [-0.05, 0) is 49.8 Å². The summed E-state index contributed by atoms with van der Waals surface area (Å²) >= 11 is 0. The van der Waals surface area contributed by atoms with Crippen LogP contribution in [0.1, 0.15) is 48.1 Å². The molecule has 1 aromatic rings. The molecular formula is C24H30N6O3. The van der Waals surface area contributed by atoms with Crippen LogP contribution in [0.5, 0.6) is 0 Å². The number of amides is 3. The molecule has 9 nitrogen and oxygen atoms in total. The molecule has 5 rings (SSSR count). The van der Waals surface area contributed by atoms with E-state index < -0.39 is 6.04 Å². The van der Waals surface area contributed by atoms with Gasteiger partial charge in [0.15, 0.2) is 0 Å². The van der Waals surface area contributed by atoms with Gasteiger partial charge in [0.1, 0.15) is 6.04 Å². The fraction of sp³-hybridized carbons (Fsp3) is 0.583. The molecule has 1 aromatic carbocycles. The van der Waals surface area contributed by atoms with E-state index in [4.69, 9.17) is 5.73 Å². The van der Waals surface area contributed by atoms with Gasteiger partial charge < -0.3 is 20.9 Å². The number of benzene rings is 1. The maximum absolute atomic E-state index is 13.2. The topological polar surface area (TPSA) is 123 Å². The van der Waals surface area contributed by atoms with E-state index in [0.717, 1.165) is 24.8 Å². The van der Waals surface area contributed by atoms with Crippen LogP contribution in [0.2, 0.25) is 0 Å². The number of nitrogens with zero attached hydrogens (tertiary/aromatic N) is 4. The van der Waals surface area contributed by atoms with E-state index in [-0.39, 0.29) is 47.9 Å². The smallest absolute Gasteiger partial charge is 0.251 e. The number of nitrogens with two attached hydrogens (primary N) is 1. The van der Waals surface area contributed by atoms with Gasteiger partial charge in [0.05, 0.1) is 24.2 Å². The van der Waals surface area contributed by atoms with E-state index in [0.29, 0.717) is 24.6 Å². The number of likely N-dealkylation sites (tertiary alicyclic amines) is 3. The average molecular weight is 451 g/mol. The first-order chi connectivity index (χ1) is 15.8. The van der Waals surface area contributed by atoms with Crippen molar-refractivity contribution in [3.63, 3.8) is 0 Å². The zero-order valence-corrected chi connectivity index (χ0v) is 19.0. The van der Waals surface area contributed by atoms with Gasteiger partial charge in [-0.2, -0.15) is 5.26 Å². The molecule has 2 bridgehead atoms. The van der Waals surface area contributed by atoms with Crippen molar-refractivity contribution in [3.05, 3.63) is 35.4 Å². The van der Waals surface area contributed by atoms with Crippen molar-refractivity contribution in [1.82, 2.24) is 20.0 Å². The minimum Gasteiger partial charge on any atom is -0.355 e. The highest BCUT2D eigenvalue weighted by molar-refractivity contribution is 5.94. The van der Waals surface area contributed by atoms with Crippen LogP contribution >= 0.6 is 0 Å². The Bertz CT molecular complexity index is 1020. The summed E-state index contributed by atoms with van der Waals surface area (Å²) in [6.07, 6.45) is 2.46. The molecule has 33 heavy (non-hydrogen) atoms. The molecule has 3 aliphatic heterocycles. The lowest BCUT2D eigenvalue weighted by molar-refractivity contribution is -0.141. The highest BCUT2D eigenvalue weighted by Crippen LogP contribution is 2.48. The van der Waals surface area contributed by atoms with Gasteiger partial charge in [-0.25, -0.2) is 0 Å².